The van der Waals surface area contributed by atoms with Gasteiger partial charge in [-0.3, -0.25) is 0 Å². The third kappa shape index (κ3) is 4.18. The van der Waals surface area contributed by atoms with Crippen LogP contribution >= 0.6 is 0 Å². The van der Waals surface area contributed by atoms with Crippen molar-refractivity contribution in [3.05, 3.63) is 29.6 Å². The summed E-state index contributed by atoms with van der Waals surface area (Å²) in [6, 6.07) is 6.06. The molecular formula is C15H20FN3O2S. The standard InChI is InChI=1S/C15H20FN3O2S/c1-2-8-22(20,21)18-13-4-3-7-19(11-13)15-6-5-12(10-17)9-14(15)16/h5-6,9,13,18H,2-4,7-8,11H2,1H3/t13-/m0/s1. The smallest absolute Gasteiger partial charge is 0.211 e. The first-order valence-electron chi connectivity index (χ1n) is 7.40. The Morgan fingerprint density at radius 3 is 2.91 bits per heavy atom. The quantitative estimate of drug-likeness (QED) is 0.898. The maximum Gasteiger partial charge on any atom is 0.211 e. The molecule has 1 N–H and O–H groups in total. The van der Waals surface area contributed by atoms with E-state index in [0.717, 1.165) is 12.8 Å². The normalized spacial score (nSPS) is 19.0. The molecule has 22 heavy (non-hydrogen) atoms. The Hall–Kier alpha value is -1.65. The monoisotopic (exact) mass is 325 g/mol. The SMILES string of the molecule is CCCS(=O)(=O)N[C@H]1CCCN(c2ccc(C#N)cc2F)C1. The second kappa shape index (κ2) is 7.07. The van der Waals surface area contributed by atoms with Crippen LogP contribution in [0.4, 0.5) is 10.1 Å². The molecule has 0 saturated carbocycles. The Bertz CT molecular complexity index is 670. The highest BCUT2D eigenvalue weighted by molar-refractivity contribution is 7.89. The number of piperidine rings is 1. The zero-order chi connectivity index (χ0) is 16.2. The Morgan fingerprint density at radius 1 is 1.50 bits per heavy atom. The first kappa shape index (κ1) is 16.7. The van der Waals surface area contributed by atoms with Gasteiger partial charge in [0.05, 0.1) is 23.1 Å². The predicted molar refractivity (Wildman–Crippen MR) is 83.6 cm³/mol. The Labute approximate surface area is 130 Å². The number of anilines is 1. The number of nitrogens with zero attached hydrogens (tertiary/aromatic N) is 2. The predicted octanol–water partition coefficient (Wildman–Crippen LogP) is 2.00. The van der Waals surface area contributed by atoms with E-state index in [-0.39, 0.29) is 17.4 Å². The van der Waals surface area contributed by atoms with Crippen molar-refractivity contribution in [3.63, 3.8) is 0 Å². The van der Waals surface area contributed by atoms with Crippen molar-refractivity contribution in [1.29, 1.82) is 5.26 Å². The molecule has 7 heteroatoms. The van der Waals surface area contributed by atoms with Crippen LogP contribution in [-0.4, -0.2) is 33.3 Å². The van der Waals surface area contributed by atoms with Crippen molar-refractivity contribution in [2.24, 2.45) is 0 Å². The van der Waals surface area contributed by atoms with E-state index in [1.807, 2.05) is 17.9 Å². The number of nitriles is 1. The van der Waals surface area contributed by atoms with Gasteiger partial charge in [0, 0.05) is 19.1 Å². The molecule has 0 radical (unpaired) electrons. The van der Waals surface area contributed by atoms with Crippen molar-refractivity contribution in [2.75, 3.05) is 23.7 Å². The van der Waals surface area contributed by atoms with E-state index in [9.17, 15) is 12.8 Å². The van der Waals surface area contributed by atoms with Crippen LogP contribution in [0.1, 0.15) is 31.7 Å². The summed E-state index contributed by atoms with van der Waals surface area (Å²) < 4.78 is 40.5. The molecule has 1 aromatic rings. The Balaban J connectivity index is 2.09. The van der Waals surface area contributed by atoms with E-state index in [0.29, 0.717) is 25.2 Å². The number of benzene rings is 1. The lowest BCUT2D eigenvalue weighted by Crippen LogP contribution is -2.48. The second-order valence-corrected chi connectivity index (χ2v) is 7.37. The molecule has 0 aliphatic carbocycles. The number of sulfonamides is 1. The summed E-state index contributed by atoms with van der Waals surface area (Å²) in [5.74, 6) is -0.342. The third-order valence-electron chi connectivity index (χ3n) is 3.66. The lowest BCUT2D eigenvalue weighted by atomic mass is 10.1. The molecule has 5 nitrogen and oxygen atoms in total. The van der Waals surface area contributed by atoms with Gasteiger partial charge in [0.1, 0.15) is 5.82 Å². The average molecular weight is 325 g/mol. The summed E-state index contributed by atoms with van der Waals surface area (Å²) in [5.41, 5.74) is 0.692. The Kier molecular flexibility index (Phi) is 5.37. The summed E-state index contributed by atoms with van der Waals surface area (Å²) in [6.45, 7) is 2.93. The van der Waals surface area contributed by atoms with E-state index >= 15 is 0 Å². The molecule has 1 atom stereocenters. The summed E-state index contributed by atoms with van der Waals surface area (Å²) >= 11 is 0. The number of rotatable bonds is 5. The van der Waals surface area contributed by atoms with Crippen LogP contribution in [0.25, 0.3) is 0 Å². The fourth-order valence-corrected chi connectivity index (χ4v) is 4.06. The molecule has 120 valence electrons. The number of halogens is 1. The fraction of sp³-hybridized carbons (Fsp3) is 0.533. The Morgan fingerprint density at radius 2 is 2.27 bits per heavy atom. The van der Waals surface area contributed by atoms with Crippen LogP contribution in [0.3, 0.4) is 0 Å². The fourth-order valence-electron chi connectivity index (χ4n) is 2.71. The van der Waals surface area contributed by atoms with Gasteiger partial charge in [0.2, 0.25) is 10.0 Å². The number of hydrogen-bond donors (Lipinski definition) is 1. The van der Waals surface area contributed by atoms with Crippen molar-refractivity contribution < 1.29 is 12.8 Å². The van der Waals surface area contributed by atoms with Gasteiger partial charge >= 0.3 is 0 Å². The van der Waals surface area contributed by atoms with Crippen LogP contribution in [-0.2, 0) is 10.0 Å². The van der Waals surface area contributed by atoms with Gasteiger partial charge in [0.15, 0.2) is 0 Å². The van der Waals surface area contributed by atoms with E-state index < -0.39 is 15.8 Å². The van der Waals surface area contributed by atoms with E-state index in [1.54, 1.807) is 12.1 Å². The second-order valence-electron chi connectivity index (χ2n) is 5.50. The number of nitrogens with one attached hydrogen (secondary N) is 1. The maximum absolute atomic E-state index is 14.1. The molecule has 1 aliphatic rings. The minimum atomic E-state index is -3.27. The van der Waals surface area contributed by atoms with Gasteiger partial charge in [-0.15, -0.1) is 0 Å². The van der Waals surface area contributed by atoms with Crippen molar-refractivity contribution in [1.82, 2.24) is 4.72 Å². The number of hydrogen-bond acceptors (Lipinski definition) is 4. The molecule has 1 aromatic carbocycles. The van der Waals surface area contributed by atoms with Gasteiger partial charge < -0.3 is 4.90 Å². The first-order valence-corrected chi connectivity index (χ1v) is 9.05. The zero-order valence-electron chi connectivity index (χ0n) is 12.5. The van der Waals surface area contributed by atoms with Gasteiger partial charge in [-0.25, -0.2) is 17.5 Å². The van der Waals surface area contributed by atoms with Crippen LogP contribution in [0.5, 0.6) is 0 Å². The van der Waals surface area contributed by atoms with Crippen LogP contribution in [0.15, 0.2) is 18.2 Å². The minimum Gasteiger partial charge on any atom is -0.368 e. The van der Waals surface area contributed by atoms with Gasteiger partial charge in [-0.05, 0) is 37.5 Å². The summed E-state index contributed by atoms with van der Waals surface area (Å²) in [4.78, 5) is 1.83. The van der Waals surface area contributed by atoms with Gasteiger partial charge in [0.25, 0.3) is 0 Å². The van der Waals surface area contributed by atoms with Crippen molar-refractivity contribution >= 4 is 15.7 Å². The summed E-state index contributed by atoms with van der Waals surface area (Å²) in [7, 11) is -3.27. The van der Waals surface area contributed by atoms with Crippen molar-refractivity contribution in [3.8, 4) is 6.07 Å². The highest BCUT2D eigenvalue weighted by Crippen LogP contribution is 2.24. The molecular weight excluding hydrogens is 305 g/mol. The lowest BCUT2D eigenvalue weighted by Gasteiger charge is -2.34. The van der Waals surface area contributed by atoms with Crippen LogP contribution in [0.2, 0.25) is 0 Å². The molecule has 0 amide bonds. The maximum atomic E-state index is 14.1. The van der Waals surface area contributed by atoms with E-state index in [2.05, 4.69) is 4.72 Å². The average Bonchev–Trinajstić information content (AvgIpc) is 2.46. The highest BCUT2D eigenvalue weighted by Gasteiger charge is 2.25. The van der Waals surface area contributed by atoms with Crippen LogP contribution < -0.4 is 9.62 Å². The van der Waals surface area contributed by atoms with E-state index in [4.69, 9.17) is 5.26 Å². The molecule has 1 fully saturated rings. The lowest BCUT2D eigenvalue weighted by molar-refractivity contribution is 0.461. The third-order valence-corrected chi connectivity index (χ3v) is 5.30. The highest BCUT2D eigenvalue weighted by atomic mass is 32.2. The minimum absolute atomic E-state index is 0.106. The van der Waals surface area contributed by atoms with Crippen LogP contribution in [0, 0.1) is 17.1 Å². The summed E-state index contributed by atoms with van der Waals surface area (Å²) in [5, 5.41) is 8.78. The molecule has 1 heterocycles. The molecule has 0 spiro atoms. The molecule has 0 bridgehead atoms. The molecule has 0 aromatic heterocycles. The molecule has 1 saturated heterocycles. The molecule has 2 rings (SSSR count). The topological polar surface area (TPSA) is 73.2 Å². The molecule has 1 aliphatic heterocycles. The van der Waals surface area contributed by atoms with E-state index in [1.165, 1.54) is 6.07 Å². The zero-order valence-corrected chi connectivity index (χ0v) is 13.4. The molecule has 0 unspecified atom stereocenters. The first-order chi connectivity index (χ1) is 10.4. The van der Waals surface area contributed by atoms with Crippen molar-refractivity contribution in [2.45, 2.75) is 32.2 Å². The largest absolute Gasteiger partial charge is 0.368 e. The van der Waals surface area contributed by atoms with Gasteiger partial charge in [-0.2, -0.15) is 5.26 Å². The summed E-state index contributed by atoms with van der Waals surface area (Å²) in [6.07, 6.45) is 2.10. The van der Waals surface area contributed by atoms with Gasteiger partial charge in [-0.1, -0.05) is 6.92 Å².